The highest BCUT2D eigenvalue weighted by Gasteiger charge is 2.48. The van der Waals surface area contributed by atoms with Gasteiger partial charge in [0.05, 0.1) is 5.92 Å². The summed E-state index contributed by atoms with van der Waals surface area (Å²) >= 11 is 0. The van der Waals surface area contributed by atoms with E-state index in [4.69, 9.17) is 5.73 Å². The Morgan fingerprint density at radius 2 is 2.06 bits per heavy atom. The third kappa shape index (κ3) is 3.35. The third-order valence-electron chi connectivity index (χ3n) is 4.03. The number of nitrogens with zero attached hydrogens (tertiary/aromatic N) is 1. The topological polar surface area (TPSA) is 29.3 Å². The maximum absolute atomic E-state index is 12.8. The van der Waals surface area contributed by atoms with Crippen LogP contribution >= 0.6 is 0 Å². The predicted octanol–water partition coefficient (Wildman–Crippen LogP) is 2.78. The van der Waals surface area contributed by atoms with E-state index in [-0.39, 0.29) is 12.8 Å². The number of rotatable bonds is 4. The zero-order valence-corrected chi connectivity index (χ0v) is 10.7. The minimum Gasteiger partial charge on any atom is -0.329 e. The first-order valence-corrected chi connectivity index (χ1v) is 6.34. The maximum atomic E-state index is 12.8. The van der Waals surface area contributed by atoms with Gasteiger partial charge in [0.25, 0.3) is 0 Å². The SMILES string of the molecule is CCCN(C)C1(CN)CCCC(C(F)(F)F)C1. The van der Waals surface area contributed by atoms with E-state index in [9.17, 15) is 13.2 Å². The van der Waals surface area contributed by atoms with E-state index in [2.05, 4.69) is 0 Å². The highest BCUT2D eigenvalue weighted by atomic mass is 19.4. The third-order valence-corrected chi connectivity index (χ3v) is 4.03. The van der Waals surface area contributed by atoms with Crippen LogP contribution in [0.2, 0.25) is 0 Å². The van der Waals surface area contributed by atoms with Crippen molar-refractivity contribution in [1.29, 1.82) is 0 Å². The van der Waals surface area contributed by atoms with E-state index >= 15 is 0 Å². The lowest BCUT2D eigenvalue weighted by Gasteiger charge is -2.47. The Bertz CT molecular complexity index is 242. The number of alkyl halides is 3. The van der Waals surface area contributed by atoms with Gasteiger partial charge in [0.2, 0.25) is 0 Å². The summed E-state index contributed by atoms with van der Waals surface area (Å²) in [4.78, 5) is 2.03. The van der Waals surface area contributed by atoms with E-state index < -0.39 is 17.6 Å². The molecule has 2 unspecified atom stereocenters. The Balaban J connectivity index is 2.78. The molecule has 0 spiro atoms. The molecule has 0 aliphatic heterocycles. The predicted molar refractivity (Wildman–Crippen MR) is 62.7 cm³/mol. The van der Waals surface area contributed by atoms with E-state index in [0.29, 0.717) is 13.0 Å². The largest absolute Gasteiger partial charge is 0.391 e. The van der Waals surface area contributed by atoms with Gasteiger partial charge in [-0.2, -0.15) is 13.2 Å². The average molecular weight is 252 g/mol. The van der Waals surface area contributed by atoms with Gasteiger partial charge in [-0.15, -0.1) is 0 Å². The van der Waals surface area contributed by atoms with Gasteiger partial charge in [-0.25, -0.2) is 0 Å². The second kappa shape index (κ2) is 5.57. The first-order valence-electron chi connectivity index (χ1n) is 6.34. The van der Waals surface area contributed by atoms with Crippen LogP contribution in [0.1, 0.15) is 39.0 Å². The molecule has 0 bridgehead atoms. The van der Waals surface area contributed by atoms with Crippen LogP contribution < -0.4 is 5.73 Å². The van der Waals surface area contributed by atoms with Gasteiger partial charge in [-0.1, -0.05) is 13.3 Å². The standard InChI is InChI=1S/C12H23F3N2/c1-3-7-17(2)11(9-16)6-4-5-10(8-11)12(13,14)15/h10H,3-9,16H2,1-2H3. The highest BCUT2D eigenvalue weighted by Crippen LogP contribution is 2.43. The van der Waals surface area contributed by atoms with Crippen molar-refractivity contribution >= 4 is 0 Å². The average Bonchev–Trinajstić information content (AvgIpc) is 2.28. The molecule has 0 aromatic heterocycles. The minimum atomic E-state index is -4.08. The van der Waals surface area contributed by atoms with Crippen LogP contribution in [0.5, 0.6) is 0 Å². The van der Waals surface area contributed by atoms with Gasteiger partial charge in [0.15, 0.2) is 0 Å². The first-order chi connectivity index (χ1) is 7.85. The molecular weight excluding hydrogens is 229 g/mol. The van der Waals surface area contributed by atoms with Crippen molar-refractivity contribution in [3.8, 4) is 0 Å². The lowest BCUT2D eigenvalue weighted by atomic mass is 9.74. The number of halogens is 3. The normalized spacial score (nSPS) is 30.9. The fourth-order valence-electron chi connectivity index (χ4n) is 2.88. The molecule has 2 atom stereocenters. The second-order valence-electron chi connectivity index (χ2n) is 5.18. The van der Waals surface area contributed by atoms with Crippen LogP contribution in [0.15, 0.2) is 0 Å². The zero-order valence-electron chi connectivity index (χ0n) is 10.7. The van der Waals surface area contributed by atoms with Crippen molar-refractivity contribution in [2.75, 3.05) is 20.1 Å². The summed E-state index contributed by atoms with van der Waals surface area (Å²) in [5, 5.41) is 0. The molecule has 0 aromatic rings. The summed E-state index contributed by atoms with van der Waals surface area (Å²) < 4.78 is 38.4. The molecule has 2 nitrogen and oxygen atoms in total. The van der Waals surface area contributed by atoms with Crippen LogP contribution in [0.25, 0.3) is 0 Å². The zero-order chi connectivity index (χ0) is 13.1. The van der Waals surface area contributed by atoms with Gasteiger partial charge in [0.1, 0.15) is 0 Å². The van der Waals surface area contributed by atoms with Crippen LogP contribution in [-0.2, 0) is 0 Å². The summed E-state index contributed by atoms with van der Waals surface area (Å²) in [5.74, 6) is -1.18. The fraction of sp³-hybridized carbons (Fsp3) is 1.00. The van der Waals surface area contributed by atoms with Gasteiger partial charge in [0, 0.05) is 12.1 Å². The molecule has 1 saturated carbocycles. The van der Waals surface area contributed by atoms with Crippen molar-refractivity contribution in [2.24, 2.45) is 11.7 Å². The second-order valence-corrected chi connectivity index (χ2v) is 5.18. The van der Waals surface area contributed by atoms with Gasteiger partial charge in [-0.05, 0) is 39.3 Å². The molecule has 1 aliphatic rings. The fourth-order valence-corrected chi connectivity index (χ4v) is 2.88. The lowest BCUT2D eigenvalue weighted by Crippen LogP contribution is -2.56. The Morgan fingerprint density at radius 3 is 2.53 bits per heavy atom. The van der Waals surface area contributed by atoms with Gasteiger partial charge >= 0.3 is 6.18 Å². The van der Waals surface area contributed by atoms with Crippen LogP contribution in [-0.4, -0.2) is 36.8 Å². The summed E-state index contributed by atoms with van der Waals surface area (Å²) in [6.07, 6.45) is -1.32. The number of hydrogen-bond acceptors (Lipinski definition) is 2. The molecule has 0 radical (unpaired) electrons. The molecule has 102 valence electrons. The quantitative estimate of drug-likeness (QED) is 0.833. The molecule has 1 rings (SSSR count). The summed E-state index contributed by atoms with van der Waals surface area (Å²) in [7, 11) is 1.90. The monoisotopic (exact) mass is 252 g/mol. The van der Waals surface area contributed by atoms with Crippen LogP contribution in [0.3, 0.4) is 0 Å². The highest BCUT2D eigenvalue weighted by molar-refractivity contribution is 4.96. The lowest BCUT2D eigenvalue weighted by molar-refractivity contribution is -0.192. The van der Waals surface area contributed by atoms with Crippen molar-refractivity contribution in [3.63, 3.8) is 0 Å². The number of hydrogen-bond donors (Lipinski definition) is 1. The van der Waals surface area contributed by atoms with E-state index in [1.165, 1.54) is 0 Å². The molecule has 17 heavy (non-hydrogen) atoms. The van der Waals surface area contributed by atoms with Crippen LogP contribution in [0.4, 0.5) is 13.2 Å². The van der Waals surface area contributed by atoms with Crippen molar-refractivity contribution in [2.45, 2.75) is 50.7 Å². The van der Waals surface area contributed by atoms with E-state index in [1.54, 1.807) is 0 Å². The summed E-state index contributed by atoms with van der Waals surface area (Å²) in [6.45, 7) is 3.16. The molecule has 0 amide bonds. The van der Waals surface area contributed by atoms with Crippen molar-refractivity contribution in [3.05, 3.63) is 0 Å². The van der Waals surface area contributed by atoms with Crippen molar-refractivity contribution < 1.29 is 13.2 Å². The molecule has 2 N–H and O–H groups in total. The van der Waals surface area contributed by atoms with E-state index in [0.717, 1.165) is 19.4 Å². The van der Waals surface area contributed by atoms with Gasteiger partial charge < -0.3 is 5.73 Å². The van der Waals surface area contributed by atoms with Gasteiger partial charge in [-0.3, -0.25) is 4.90 Å². The Morgan fingerprint density at radius 1 is 1.41 bits per heavy atom. The molecular formula is C12H23F3N2. The molecule has 1 aliphatic carbocycles. The summed E-state index contributed by atoms with van der Waals surface area (Å²) in [6, 6.07) is 0. The smallest absolute Gasteiger partial charge is 0.329 e. The Labute approximate surface area is 101 Å². The first kappa shape index (κ1) is 14.8. The molecule has 5 heteroatoms. The Kier molecular flexibility index (Phi) is 4.84. The maximum Gasteiger partial charge on any atom is 0.391 e. The Hall–Kier alpha value is -0.290. The number of likely N-dealkylation sites (N-methyl/N-ethyl adjacent to an activating group) is 1. The van der Waals surface area contributed by atoms with E-state index in [1.807, 2.05) is 18.9 Å². The minimum absolute atomic E-state index is 0.156. The molecule has 0 heterocycles. The van der Waals surface area contributed by atoms with Crippen LogP contribution in [0, 0.1) is 5.92 Å². The summed E-state index contributed by atoms with van der Waals surface area (Å²) in [5.41, 5.74) is 5.32. The molecule has 0 saturated heterocycles. The van der Waals surface area contributed by atoms with Crippen molar-refractivity contribution in [1.82, 2.24) is 4.90 Å². The molecule has 0 aromatic carbocycles. The molecule has 1 fully saturated rings. The number of nitrogens with two attached hydrogens (primary N) is 1.